The number of carbonyl (C=O) groups excluding carboxylic acids is 2. The lowest BCUT2D eigenvalue weighted by molar-refractivity contribution is -0.113. The number of nitrogens with zero attached hydrogens (tertiary/aromatic N) is 2. The van der Waals surface area contributed by atoms with Crippen LogP contribution in [0.15, 0.2) is 52.5 Å². The van der Waals surface area contributed by atoms with Crippen LogP contribution in [0.25, 0.3) is 17.0 Å². The predicted molar refractivity (Wildman–Crippen MR) is 135 cm³/mol. The van der Waals surface area contributed by atoms with E-state index in [-0.39, 0.29) is 12.5 Å². The zero-order valence-corrected chi connectivity index (χ0v) is 19.9. The van der Waals surface area contributed by atoms with Crippen molar-refractivity contribution in [2.24, 2.45) is 4.99 Å². The van der Waals surface area contributed by atoms with E-state index in [0.29, 0.717) is 42.6 Å². The van der Waals surface area contributed by atoms with Crippen molar-refractivity contribution < 1.29 is 14.3 Å². The molecule has 0 bridgehead atoms. The van der Waals surface area contributed by atoms with Gasteiger partial charge in [-0.1, -0.05) is 35.3 Å². The van der Waals surface area contributed by atoms with Gasteiger partial charge in [-0.15, -0.1) is 0 Å². The number of rotatable bonds is 5. The number of amidine groups is 1. The Morgan fingerprint density at radius 1 is 1.18 bits per heavy atom. The maximum atomic E-state index is 12.5. The fraction of sp³-hybridized carbons (Fsp3) is 0.130. The summed E-state index contributed by atoms with van der Waals surface area (Å²) in [5, 5.41) is 8.04. The van der Waals surface area contributed by atoms with Crippen molar-refractivity contribution >= 4 is 80.4 Å². The molecule has 168 valence electrons. The molecule has 4 rings (SSSR count). The van der Waals surface area contributed by atoms with E-state index in [1.54, 1.807) is 38.2 Å². The van der Waals surface area contributed by atoms with Crippen molar-refractivity contribution in [2.75, 3.05) is 24.3 Å². The smallest absolute Gasteiger partial charge is 0.341 e. The Balaban J connectivity index is 1.64. The largest absolute Gasteiger partial charge is 0.462 e. The first-order chi connectivity index (χ1) is 15.9. The van der Waals surface area contributed by atoms with Gasteiger partial charge in [0, 0.05) is 18.6 Å². The first kappa shape index (κ1) is 23.1. The summed E-state index contributed by atoms with van der Waals surface area (Å²) in [4.78, 5) is 33.6. The van der Waals surface area contributed by atoms with Crippen LogP contribution in [0.5, 0.6) is 0 Å². The minimum Gasteiger partial charge on any atom is -0.462 e. The van der Waals surface area contributed by atoms with E-state index >= 15 is 0 Å². The first-order valence-electron chi connectivity index (χ1n) is 9.92. The molecule has 0 unspecified atom stereocenters. The summed E-state index contributed by atoms with van der Waals surface area (Å²) in [6.07, 6.45) is 3.22. The van der Waals surface area contributed by atoms with E-state index in [2.05, 4.69) is 20.6 Å². The van der Waals surface area contributed by atoms with Crippen molar-refractivity contribution in [1.82, 2.24) is 4.98 Å². The number of hydrogen-bond donors (Lipinski definition) is 2. The molecular formula is C23H18Cl2N4O3S. The molecule has 2 N–H and O–H groups in total. The third kappa shape index (κ3) is 4.83. The van der Waals surface area contributed by atoms with Crippen LogP contribution in [0, 0.1) is 0 Å². The predicted octanol–water partition coefficient (Wildman–Crippen LogP) is 5.84. The van der Waals surface area contributed by atoms with Gasteiger partial charge in [-0.25, -0.2) is 4.79 Å². The van der Waals surface area contributed by atoms with Gasteiger partial charge < -0.3 is 15.4 Å². The summed E-state index contributed by atoms with van der Waals surface area (Å²) in [5.74, 6) is -0.832. The van der Waals surface area contributed by atoms with Crippen LogP contribution in [0.1, 0.15) is 22.8 Å². The quantitative estimate of drug-likeness (QED) is 0.335. The van der Waals surface area contributed by atoms with E-state index in [1.807, 2.05) is 18.2 Å². The molecule has 2 heterocycles. The van der Waals surface area contributed by atoms with Gasteiger partial charge in [-0.2, -0.15) is 4.99 Å². The fourth-order valence-electron chi connectivity index (χ4n) is 3.27. The van der Waals surface area contributed by atoms with E-state index < -0.39 is 5.97 Å². The van der Waals surface area contributed by atoms with Gasteiger partial charge in [-0.05, 0) is 54.6 Å². The second-order valence-corrected chi connectivity index (χ2v) is 8.69. The SMILES string of the molecule is CCOC(=O)c1cnc2ccc(C=C3SC(Nc4c(Cl)cccc4Cl)=NC3=O)cc2c1NC. The number of thioether (sulfide) groups is 1. The van der Waals surface area contributed by atoms with E-state index in [9.17, 15) is 9.59 Å². The number of aliphatic imine (C=N–C) groups is 1. The van der Waals surface area contributed by atoms with Crippen LogP contribution >= 0.6 is 35.0 Å². The minimum absolute atomic E-state index is 0.265. The highest BCUT2D eigenvalue weighted by atomic mass is 35.5. The molecule has 0 radical (unpaired) electrons. The first-order valence-corrected chi connectivity index (χ1v) is 11.5. The van der Waals surface area contributed by atoms with Crippen LogP contribution in [0.2, 0.25) is 10.0 Å². The molecule has 33 heavy (non-hydrogen) atoms. The lowest BCUT2D eigenvalue weighted by Crippen LogP contribution is -2.09. The number of fused-ring (bicyclic) bond motifs is 1. The molecule has 1 aliphatic heterocycles. The Morgan fingerprint density at radius 3 is 2.64 bits per heavy atom. The summed E-state index contributed by atoms with van der Waals surface area (Å²) < 4.78 is 5.13. The number of amides is 1. The molecule has 2 aromatic carbocycles. The van der Waals surface area contributed by atoms with Gasteiger partial charge >= 0.3 is 5.97 Å². The number of benzene rings is 2. The van der Waals surface area contributed by atoms with Crippen molar-refractivity contribution in [3.63, 3.8) is 0 Å². The Kier molecular flexibility index (Phi) is 6.88. The summed E-state index contributed by atoms with van der Waals surface area (Å²) >= 11 is 13.6. The summed E-state index contributed by atoms with van der Waals surface area (Å²) in [6.45, 7) is 2.01. The Labute approximate surface area is 204 Å². The molecule has 1 aromatic heterocycles. The maximum absolute atomic E-state index is 12.5. The van der Waals surface area contributed by atoms with E-state index in [4.69, 9.17) is 27.9 Å². The van der Waals surface area contributed by atoms with Crippen LogP contribution < -0.4 is 10.6 Å². The summed E-state index contributed by atoms with van der Waals surface area (Å²) in [6, 6.07) is 10.6. The average Bonchev–Trinajstić information content (AvgIpc) is 3.14. The molecule has 1 aliphatic rings. The number of hydrogen-bond acceptors (Lipinski definition) is 7. The number of carbonyl (C=O) groups is 2. The topological polar surface area (TPSA) is 92.7 Å². The van der Waals surface area contributed by atoms with Gasteiger partial charge in [0.1, 0.15) is 5.56 Å². The molecule has 1 amide bonds. The molecule has 0 saturated heterocycles. The van der Waals surface area contributed by atoms with Crippen molar-refractivity contribution in [1.29, 1.82) is 0 Å². The van der Waals surface area contributed by atoms with Gasteiger partial charge in [-0.3, -0.25) is 9.78 Å². The van der Waals surface area contributed by atoms with Gasteiger partial charge in [0.2, 0.25) is 0 Å². The number of para-hydroxylation sites is 1. The lowest BCUT2D eigenvalue weighted by atomic mass is 10.1. The van der Waals surface area contributed by atoms with E-state index in [0.717, 1.165) is 10.9 Å². The molecular weight excluding hydrogens is 483 g/mol. The normalized spacial score (nSPS) is 14.5. The van der Waals surface area contributed by atoms with Gasteiger partial charge in [0.25, 0.3) is 5.91 Å². The minimum atomic E-state index is -0.455. The number of pyridine rings is 1. The average molecular weight is 501 g/mol. The number of nitrogens with one attached hydrogen (secondary N) is 2. The van der Waals surface area contributed by atoms with Crippen molar-refractivity contribution in [3.8, 4) is 0 Å². The van der Waals surface area contributed by atoms with Crippen LogP contribution in [-0.2, 0) is 9.53 Å². The zero-order chi connectivity index (χ0) is 23.5. The number of ether oxygens (including phenoxy) is 1. The molecule has 3 aromatic rings. The second-order valence-electron chi connectivity index (χ2n) is 6.85. The lowest BCUT2D eigenvalue weighted by Gasteiger charge is -2.12. The molecule has 0 spiro atoms. The number of aromatic nitrogens is 1. The summed E-state index contributed by atoms with van der Waals surface area (Å²) in [7, 11) is 1.73. The number of esters is 1. The van der Waals surface area contributed by atoms with Crippen LogP contribution in [0.4, 0.5) is 11.4 Å². The molecule has 10 heteroatoms. The third-order valence-electron chi connectivity index (χ3n) is 4.75. The monoisotopic (exact) mass is 500 g/mol. The maximum Gasteiger partial charge on any atom is 0.341 e. The van der Waals surface area contributed by atoms with Crippen molar-refractivity contribution in [3.05, 3.63) is 68.7 Å². The Morgan fingerprint density at radius 2 is 1.94 bits per heavy atom. The number of halogens is 2. The van der Waals surface area contributed by atoms with Gasteiger partial charge in [0.05, 0.1) is 38.4 Å². The highest BCUT2D eigenvalue weighted by Crippen LogP contribution is 2.35. The van der Waals surface area contributed by atoms with Crippen LogP contribution in [-0.4, -0.2) is 35.7 Å². The third-order valence-corrected chi connectivity index (χ3v) is 6.28. The molecule has 7 nitrogen and oxygen atoms in total. The zero-order valence-electron chi connectivity index (χ0n) is 17.6. The fourth-order valence-corrected chi connectivity index (χ4v) is 4.58. The van der Waals surface area contributed by atoms with Crippen LogP contribution in [0.3, 0.4) is 0 Å². The molecule has 0 atom stereocenters. The molecule has 0 aliphatic carbocycles. The highest BCUT2D eigenvalue weighted by molar-refractivity contribution is 8.18. The molecule has 0 fully saturated rings. The standard InChI is InChI=1S/C23H18Cl2N4O3S/c1-3-32-22(31)14-11-27-17-8-7-12(9-13(17)19(14)26-2)10-18-21(30)29-23(33-18)28-20-15(24)5-4-6-16(20)25/h4-11H,3H2,1-2H3,(H,26,27)(H,28,29,30). The molecule has 0 saturated carbocycles. The van der Waals surface area contributed by atoms with E-state index in [1.165, 1.54) is 18.0 Å². The van der Waals surface area contributed by atoms with Crippen molar-refractivity contribution in [2.45, 2.75) is 6.92 Å². The Hall–Kier alpha value is -3.07. The summed E-state index contributed by atoms with van der Waals surface area (Å²) in [5.41, 5.74) is 2.89. The Bertz CT molecular complexity index is 1320. The second kappa shape index (κ2) is 9.82. The number of anilines is 2. The highest BCUT2D eigenvalue weighted by Gasteiger charge is 2.23. The van der Waals surface area contributed by atoms with Gasteiger partial charge in [0.15, 0.2) is 5.17 Å².